The van der Waals surface area contributed by atoms with E-state index in [9.17, 15) is 9.59 Å². The molecule has 7 heteroatoms. The second-order valence-electron chi connectivity index (χ2n) is 5.65. The zero-order valence-electron chi connectivity index (χ0n) is 12.4. The number of hydrogen-bond donors (Lipinski definition) is 2. The number of rotatable bonds is 5. The number of halogens is 1. The van der Waals surface area contributed by atoms with Gasteiger partial charge in [0.05, 0.1) is 11.6 Å². The highest BCUT2D eigenvalue weighted by Crippen LogP contribution is 2.42. The van der Waals surface area contributed by atoms with E-state index in [1.54, 1.807) is 17.4 Å². The molecule has 1 aliphatic rings. The average molecular weight is 395 g/mol. The molecule has 23 heavy (non-hydrogen) atoms. The number of nitrogens with one attached hydrogen (secondary N) is 1. The Morgan fingerprint density at radius 1 is 1.35 bits per heavy atom. The number of aromatic carboxylic acids is 1. The van der Waals surface area contributed by atoms with Crippen molar-refractivity contribution in [1.82, 2.24) is 10.3 Å². The van der Waals surface area contributed by atoms with E-state index in [1.165, 1.54) is 12.1 Å². The van der Waals surface area contributed by atoms with Crippen LogP contribution in [0.3, 0.4) is 0 Å². The summed E-state index contributed by atoms with van der Waals surface area (Å²) in [5.41, 5.74) is 1.36. The standard InChI is InChI=1S/C16H15BrN2O3S/c1-8-7-23-15(18-8)13(9-2-3-9)19-14(20)10-4-11(16(21)22)6-12(17)5-10/h4-7,9,13H,2-3H2,1H3,(H,19,20)(H,21,22). The second kappa shape index (κ2) is 6.41. The van der Waals surface area contributed by atoms with Crippen LogP contribution in [0.25, 0.3) is 0 Å². The van der Waals surface area contributed by atoms with Gasteiger partial charge in [-0.15, -0.1) is 11.3 Å². The Kier molecular flexibility index (Phi) is 4.50. The number of hydrogen-bond acceptors (Lipinski definition) is 4. The van der Waals surface area contributed by atoms with E-state index in [1.807, 2.05) is 12.3 Å². The van der Waals surface area contributed by atoms with Crippen molar-refractivity contribution in [2.75, 3.05) is 0 Å². The summed E-state index contributed by atoms with van der Waals surface area (Å²) in [6.07, 6.45) is 2.14. The smallest absolute Gasteiger partial charge is 0.335 e. The summed E-state index contributed by atoms with van der Waals surface area (Å²) < 4.78 is 0.565. The van der Waals surface area contributed by atoms with Gasteiger partial charge in [0.2, 0.25) is 0 Å². The molecule has 1 aliphatic carbocycles. The van der Waals surface area contributed by atoms with E-state index in [0.717, 1.165) is 23.5 Å². The van der Waals surface area contributed by atoms with Crippen molar-refractivity contribution in [3.05, 3.63) is 49.9 Å². The fraction of sp³-hybridized carbons (Fsp3) is 0.312. The minimum atomic E-state index is -1.06. The molecular formula is C16H15BrN2O3S. The Labute approximate surface area is 145 Å². The molecular weight excluding hydrogens is 380 g/mol. The molecule has 1 aromatic heterocycles. The quantitative estimate of drug-likeness (QED) is 0.808. The average Bonchev–Trinajstić information content (AvgIpc) is 3.25. The van der Waals surface area contributed by atoms with Gasteiger partial charge in [-0.1, -0.05) is 15.9 Å². The lowest BCUT2D eigenvalue weighted by Gasteiger charge is -2.16. The molecule has 2 aromatic rings. The molecule has 1 saturated carbocycles. The molecule has 1 fully saturated rings. The number of benzene rings is 1. The second-order valence-corrected chi connectivity index (χ2v) is 7.45. The molecule has 5 nitrogen and oxygen atoms in total. The molecule has 120 valence electrons. The Morgan fingerprint density at radius 2 is 2.04 bits per heavy atom. The molecule has 1 amide bonds. The number of thiazole rings is 1. The maximum atomic E-state index is 12.5. The fourth-order valence-electron chi connectivity index (χ4n) is 2.39. The van der Waals surface area contributed by atoms with Crippen molar-refractivity contribution >= 4 is 39.1 Å². The van der Waals surface area contributed by atoms with Crippen molar-refractivity contribution in [3.63, 3.8) is 0 Å². The van der Waals surface area contributed by atoms with Crippen molar-refractivity contribution < 1.29 is 14.7 Å². The highest BCUT2D eigenvalue weighted by atomic mass is 79.9. The van der Waals surface area contributed by atoms with Gasteiger partial charge in [0.15, 0.2) is 0 Å². The van der Waals surface area contributed by atoms with Crippen molar-refractivity contribution in [2.45, 2.75) is 25.8 Å². The summed E-state index contributed by atoms with van der Waals surface area (Å²) >= 11 is 4.80. The van der Waals surface area contributed by atoms with Gasteiger partial charge in [-0.05, 0) is 43.9 Å². The normalized spacial score (nSPS) is 15.2. The summed E-state index contributed by atoms with van der Waals surface area (Å²) in [6, 6.07) is 4.38. The van der Waals surface area contributed by atoms with Gasteiger partial charge < -0.3 is 10.4 Å². The van der Waals surface area contributed by atoms with E-state index >= 15 is 0 Å². The lowest BCUT2D eigenvalue weighted by atomic mass is 10.1. The Bertz CT molecular complexity index is 770. The van der Waals surface area contributed by atoms with Crippen molar-refractivity contribution in [2.24, 2.45) is 5.92 Å². The molecule has 0 bridgehead atoms. The number of carbonyl (C=O) groups is 2. The van der Waals surface area contributed by atoms with Crippen LogP contribution in [0.15, 0.2) is 28.1 Å². The van der Waals surface area contributed by atoms with Crippen LogP contribution in [-0.2, 0) is 0 Å². The fourth-order valence-corrected chi connectivity index (χ4v) is 3.83. The summed E-state index contributed by atoms with van der Waals surface area (Å²) in [7, 11) is 0. The molecule has 0 saturated heterocycles. The van der Waals surface area contributed by atoms with E-state index < -0.39 is 5.97 Å². The highest BCUT2D eigenvalue weighted by molar-refractivity contribution is 9.10. The molecule has 0 aliphatic heterocycles. The first-order chi connectivity index (χ1) is 10.9. The highest BCUT2D eigenvalue weighted by Gasteiger charge is 2.35. The third-order valence-electron chi connectivity index (χ3n) is 3.69. The molecule has 0 radical (unpaired) electrons. The maximum absolute atomic E-state index is 12.5. The predicted molar refractivity (Wildman–Crippen MR) is 90.9 cm³/mol. The first-order valence-electron chi connectivity index (χ1n) is 7.21. The number of carbonyl (C=O) groups excluding carboxylic acids is 1. The molecule has 1 unspecified atom stereocenters. The van der Waals surface area contributed by atoms with Gasteiger partial charge in [0, 0.05) is 21.1 Å². The number of amides is 1. The van der Waals surface area contributed by atoms with Gasteiger partial charge in [-0.25, -0.2) is 9.78 Å². The summed E-state index contributed by atoms with van der Waals surface area (Å²) in [6.45, 7) is 1.93. The number of aromatic nitrogens is 1. The third kappa shape index (κ3) is 3.79. The van der Waals surface area contributed by atoms with E-state index in [-0.39, 0.29) is 17.5 Å². The minimum Gasteiger partial charge on any atom is -0.478 e. The van der Waals surface area contributed by atoms with Crippen LogP contribution >= 0.6 is 27.3 Å². The molecule has 2 N–H and O–H groups in total. The predicted octanol–water partition coefficient (Wildman–Crippen LogP) is 3.79. The van der Waals surface area contributed by atoms with Crippen molar-refractivity contribution in [1.29, 1.82) is 0 Å². The summed E-state index contributed by atoms with van der Waals surface area (Å²) in [5.74, 6) is -0.927. The van der Waals surface area contributed by atoms with E-state index in [4.69, 9.17) is 5.11 Å². The Hall–Kier alpha value is -1.73. The lowest BCUT2D eigenvalue weighted by Crippen LogP contribution is -2.30. The monoisotopic (exact) mass is 394 g/mol. The molecule has 1 atom stereocenters. The van der Waals surface area contributed by atoms with Gasteiger partial charge >= 0.3 is 5.97 Å². The Balaban J connectivity index is 1.83. The van der Waals surface area contributed by atoms with Crippen LogP contribution in [0, 0.1) is 12.8 Å². The number of nitrogens with zero attached hydrogens (tertiary/aromatic N) is 1. The first-order valence-corrected chi connectivity index (χ1v) is 8.88. The van der Waals surface area contributed by atoms with Crippen LogP contribution in [0.1, 0.15) is 50.3 Å². The van der Waals surface area contributed by atoms with Crippen LogP contribution in [0.2, 0.25) is 0 Å². The van der Waals surface area contributed by atoms with Gasteiger partial charge in [-0.3, -0.25) is 4.79 Å². The number of carboxylic acids is 1. The SMILES string of the molecule is Cc1csc(C(NC(=O)c2cc(Br)cc(C(=O)O)c2)C2CC2)n1. The largest absolute Gasteiger partial charge is 0.478 e. The minimum absolute atomic E-state index is 0.0811. The van der Waals surface area contributed by atoms with Gasteiger partial charge in [-0.2, -0.15) is 0 Å². The Morgan fingerprint density at radius 3 is 2.61 bits per heavy atom. The van der Waals surface area contributed by atoms with Crippen LogP contribution in [0.5, 0.6) is 0 Å². The van der Waals surface area contributed by atoms with Crippen LogP contribution in [0.4, 0.5) is 0 Å². The van der Waals surface area contributed by atoms with E-state index in [0.29, 0.717) is 16.0 Å². The van der Waals surface area contributed by atoms with E-state index in [2.05, 4.69) is 26.2 Å². The molecule has 1 heterocycles. The maximum Gasteiger partial charge on any atom is 0.335 e. The number of aryl methyl sites for hydroxylation is 1. The van der Waals surface area contributed by atoms with Crippen LogP contribution < -0.4 is 5.32 Å². The zero-order chi connectivity index (χ0) is 16.6. The first kappa shape index (κ1) is 16.1. The topological polar surface area (TPSA) is 79.3 Å². The number of carboxylic acid groups (broad SMARTS) is 1. The summed E-state index contributed by atoms with van der Waals surface area (Å²) in [5, 5.41) is 15.0. The molecule has 0 spiro atoms. The van der Waals surface area contributed by atoms with Gasteiger partial charge in [0.1, 0.15) is 5.01 Å². The third-order valence-corrected chi connectivity index (χ3v) is 5.19. The van der Waals surface area contributed by atoms with Gasteiger partial charge in [0.25, 0.3) is 5.91 Å². The molecule has 1 aromatic carbocycles. The summed E-state index contributed by atoms with van der Waals surface area (Å²) in [4.78, 5) is 28.2. The zero-order valence-corrected chi connectivity index (χ0v) is 14.8. The molecule has 3 rings (SSSR count). The lowest BCUT2D eigenvalue weighted by molar-refractivity contribution is 0.0697. The van der Waals surface area contributed by atoms with Crippen molar-refractivity contribution in [3.8, 4) is 0 Å². The van der Waals surface area contributed by atoms with Crippen LogP contribution in [-0.4, -0.2) is 22.0 Å².